The fourth-order valence-corrected chi connectivity index (χ4v) is 3.39. The molecule has 0 spiro atoms. The number of fused-ring (bicyclic) bond motifs is 1. The van der Waals surface area contributed by atoms with E-state index in [1.54, 1.807) is 6.07 Å². The number of pyridine rings is 2. The molecule has 0 unspecified atom stereocenters. The van der Waals surface area contributed by atoms with Crippen LogP contribution in [0.5, 0.6) is 0 Å². The summed E-state index contributed by atoms with van der Waals surface area (Å²) in [6.07, 6.45) is 3.64. The lowest BCUT2D eigenvalue weighted by molar-refractivity contribution is 0.622. The van der Waals surface area contributed by atoms with E-state index in [4.69, 9.17) is 0 Å². The number of anilines is 2. The molecule has 0 amide bonds. The van der Waals surface area contributed by atoms with Crippen LogP contribution in [0.15, 0.2) is 53.3 Å². The van der Waals surface area contributed by atoms with E-state index in [0.29, 0.717) is 9.99 Å². The average molecular weight is 387 g/mol. The predicted molar refractivity (Wildman–Crippen MR) is 98.1 cm³/mol. The van der Waals surface area contributed by atoms with Crippen LogP contribution in [0.25, 0.3) is 10.9 Å². The van der Waals surface area contributed by atoms with E-state index in [0.717, 1.165) is 37.4 Å². The minimum absolute atomic E-state index is 0.283. The van der Waals surface area contributed by atoms with Gasteiger partial charge in [-0.2, -0.15) is 0 Å². The molecule has 0 saturated carbocycles. The Morgan fingerprint density at radius 1 is 0.917 bits per heavy atom. The highest BCUT2D eigenvalue weighted by molar-refractivity contribution is 9.10. The van der Waals surface area contributed by atoms with Crippen molar-refractivity contribution in [2.24, 2.45) is 0 Å². The molecule has 122 valence electrons. The number of hydrogen-bond donors (Lipinski definition) is 0. The molecule has 4 rings (SSSR count). The molecule has 1 aromatic carbocycles. The molecule has 1 saturated heterocycles. The average Bonchev–Trinajstić information content (AvgIpc) is 2.63. The summed E-state index contributed by atoms with van der Waals surface area (Å²) in [4.78, 5) is 13.3. The minimum Gasteiger partial charge on any atom is -0.368 e. The van der Waals surface area contributed by atoms with Crippen LogP contribution < -0.4 is 9.80 Å². The van der Waals surface area contributed by atoms with Gasteiger partial charge in [0, 0.05) is 55.7 Å². The summed E-state index contributed by atoms with van der Waals surface area (Å²) >= 11 is 3.22. The van der Waals surface area contributed by atoms with E-state index in [9.17, 15) is 4.39 Å². The third kappa shape index (κ3) is 2.94. The maximum Gasteiger partial charge on any atom is 0.139 e. The molecule has 0 atom stereocenters. The zero-order chi connectivity index (χ0) is 16.5. The Hall–Kier alpha value is -2.21. The van der Waals surface area contributed by atoms with E-state index in [-0.39, 0.29) is 5.82 Å². The smallest absolute Gasteiger partial charge is 0.139 e. The molecule has 1 fully saturated rings. The van der Waals surface area contributed by atoms with Crippen molar-refractivity contribution in [2.75, 3.05) is 36.0 Å². The second-order valence-electron chi connectivity index (χ2n) is 5.81. The van der Waals surface area contributed by atoms with E-state index in [1.165, 1.54) is 11.8 Å². The maximum atomic E-state index is 13.7. The molecular formula is C18H16BrFN4. The third-order valence-electron chi connectivity index (χ3n) is 4.35. The highest BCUT2D eigenvalue weighted by Gasteiger charge is 2.18. The third-order valence-corrected chi connectivity index (χ3v) is 4.96. The van der Waals surface area contributed by atoms with Crippen LogP contribution in [0.2, 0.25) is 0 Å². The summed E-state index contributed by atoms with van der Waals surface area (Å²) < 4.78 is 14.2. The summed E-state index contributed by atoms with van der Waals surface area (Å²) in [5.74, 6) is 0.619. The van der Waals surface area contributed by atoms with Gasteiger partial charge in [-0.1, -0.05) is 0 Å². The number of piperazine rings is 1. The summed E-state index contributed by atoms with van der Waals surface area (Å²) in [5.41, 5.74) is 1.88. The fraction of sp³-hybridized carbons (Fsp3) is 0.222. The zero-order valence-electron chi connectivity index (χ0n) is 13.0. The normalized spacial score (nSPS) is 15.1. The first kappa shape index (κ1) is 15.3. The van der Waals surface area contributed by atoms with Crippen molar-refractivity contribution in [1.29, 1.82) is 0 Å². The van der Waals surface area contributed by atoms with E-state index >= 15 is 0 Å². The lowest BCUT2D eigenvalue weighted by Gasteiger charge is -2.36. The standard InChI is InChI=1S/C18H16BrFN4/c19-15-11-13-1-2-18(22-17(13)12-16(15)20)24-9-7-23(8-10-24)14-3-5-21-6-4-14/h1-6,11-12H,7-10H2. The Kier molecular flexibility index (Phi) is 4.06. The topological polar surface area (TPSA) is 32.3 Å². The molecule has 6 heteroatoms. The molecule has 2 aromatic heterocycles. The quantitative estimate of drug-likeness (QED) is 0.669. The van der Waals surface area contributed by atoms with Crippen molar-refractivity contribution >= 4 is 38.3 Å². The van der Waals surface area contributed by atoms with Crippen LogP contribution in [-0.2, 0) is 0 Å². The van der Waals surface area contributed by atoms with Crippen molar-refractivity contribution < 1.29 is 4.39 Å². The van der Waals surface area contributed by atoms with Crippen molar-refractivity contribution in [2.45, 2.75) is 0 Å². The van der Waals surface area contributed by atoms with Gasteiger partial charge >= 0.3 is 0 Å². The second-order valence-corrected chi connectivity index (χ2v) is 6.66. The zero-order valence-corrected chi connectivity index (χ0v) is 14.6. The molecule has 3 heterocycles. The molecule has 4 nitrogen and oxygen atoms in total. The monoisotopic (exact) mass is 386 g/mol. The van der Waals surface area contributed by atoms with Gasteiger partial charge in [0.1, 0.15) is 11.6 Å². The van der Waals surface area contributed by atoms with Gasteiger partial charge in [-0.3, -0.25) is 4.98 Å². The van der Waals surface area contributed by atoms with Crippen molar-refractivity contribution in [3.05, 3.63) is 59.1 Å². The van der Waals surface area contributed by atoms with Crippen LogP contribution in [0.1, 0.15) is 0 Å². The first-order valence-corrected chi connectivity index (χ1v) is 8.66. The van der Waals surface area contributed by atoms with Gasteiger partial charge in [0.15, 0.2) is 0 Å². The minimum atomic E-state index is -0.283. The molecule has 0 radical (unpaired) electrons. The van der Waals surface area contributed by atoms with Crippen molar-refractivity contribution in [3.63, 3.8) is 0 Å². The van der Waals surface area contributed by atoms with Crippen LogP contribution in [0.3, 0.4) is 0 Å². The number of aromatic nitrogens is 2. The van der Waals surface area contributed by atoms with Crippen molar-refractivity contribution in [3.8, 4) is 0 Å². The molecule has 1 aliphatic heterocycles. The molecule has 0 N–H and O–H groups in total. The van der Waals surface area contributed by atoms with Gasteiger partial charge in [0.05, 0.1) is 9.99 Å². The SMILES string of the molecule is Fc1cc2nc(N3CCN(c4ccncc4)CC3)ccc2cc1Br. The number of nitrogens with zero attached hydrogens (tertiary/aromatic N) is 4. The molecule has 24 heavy (non-hydrogen) atoms. The van der Waals surface area contributed by atoms with Gasteiger partial charge in [-0.15, -0.1) is 0 Å². The number of hydrogen-bond acceptors (Lipinski definition) is 4. The highest BCUT2D eigenvalue weighted by Crippen LogP contribution is 2.25. The Balaban J connectivity index is 1.53. The molecule has 1 aliphatic rings. The van der Waals surface area contributed by atoms with Crippen LogP contribution >= 0.6 is 15.9 Å². The Labute approximate surface area is 148 Å². The van der Waals surface area contributed by atoms with E-state index in [2.05, 4.69) is 35.7 Å². The van der Waals surface area contributed by atoms with Crippen LogP contribution in [-0.4, -0.2) is 36.1 Å². The highest BCUT2D eigenvalue weighted by atomic mass is 79.9. The summed E-state index contributed by atoms with van der Waals surface area (Å²) in [7, 11) is 0. The maximum absolute atomic E-state index is 13.7. The van der Waals surface area contributed by atoms with Gasteiger partial charge in [0.2, 0.25) is 0 Å². The Morgan fingerprint density at radius 2 is 1.62 bits per heavy atom. The van der Waals surface area contributed by atoms with Gasteiger partial charge in [-0.25, -0.2) is 9.37 Å². The lowest BCUT2D eigenvalue weighted by Crippen LogP contribution is -2.46. The molecule has 0 bridgehead atoms. The Morgan fingerprint density at radius 3 is 2.38 bits per heavy atom. The number of rotatable bonds is 2. The van der Waals surface area contributed by atoms with E-state index in [1.807, 2.05) is 36.7 Å². The molecular weight excluding hydrogens is 371 g/mol. The largest absolute Gasteiger partial charge is 0.368 e. The van der Waals surface area contributed by atoms with E-state index < -0.39 is 0 Å². The summed E-state index contributed by atoms with van der Waals surface area (Å²) in [6, 6.07) is 11.3. The molecule has 3 aromatic rings. The molecule has 0 aliphatic carbocycles. The number of benzene rings is 1. The lowest BCUT2D eigenvalue weighted by atomic mass is 10.2. The predicted octanol–water partition coefficient (Wildman–Crippen LogP) is 3.86. The Bertz CT molecular complexity index is 864. The number of halogens is 2. The van der Waals surface area contributed by atoms with Gasteiger partial charge < -0.3 is 9.80 Å². The van der Waals surface area contributed by atoms with Crippen molar-refractivity contribution in [1.82, 2.24) is 9.97 Å². The summed E-state index contributed by atoms with van der Waals surface area (Å²) in [6.45, 7) is 3.64. The van der Waals surface area contributed by atoms with Crippen LogP contribution in [0, 0.1) is 5.82 Å². The van der Waals surface area contributed by atoms with Crippen LogP contribution in [0.4, 0.5) is 15.9 Å². The first-order valence-electron chi connectivity index (χ1n) is 7.86. The van der Waals surface area contributed by atoms with Gasteiger partial charge in [-0.05, 0) is 46.3 Å². The summed E-state index contributed by atoms with van der Waals surface area (Å²) in [5, 5.41) is 0.933. The second kappa shape index (κ2) is 6.36. The fourth-order valence-electron chi connectivity index (χ4n) is 3.03. The first-order chi connectivity index (χ1) is 11.7. The van der Waals surface area contributed by atoms with Gasteiger partial charge in [0.25, 0.3) is 0 Å².